The van der Waals surface area contributed by atoms with E-state index < -0.39 is 23.4 Å². The van der Waals surface area contributed by atoms with Gasteiger partial charge in [0.15, 0.2) is 0 Å². The molecule has 6 rings (SSSR count). The zero-order chi connectivity index (χ0) is 25.6. The molecule has 0 radical (unpaired) electrons. The summed E-state index contributed by atoms with van der Waals surface area (Å²) in [7, 11) is 0. The second-order valence-electron chi connectivity index (χ2n) is 11.1. The molecule has 36 heavy (non-hydrogen) atoms. The lowest BCUT2D eigenvalue weighted by Gasteiger charge is -2.44. The molecule has 2 atom stereocenters. The number of carbonyl (C=O) groups is 1. The van der Waals surface area contributed by atoms with Crippen LogP contribution in [0.5, 0.6) is 11.5 Å². The SMILES string of the molecule is CC(C)Oc1ccc(-c2cc3c(cc2F)C(NC(=O)O[C@@H]2CN4CCC2CC4)C(C)(C)CO3)cc1Cl. The number of nitrogens with one attached hydrogen (secondary N) is 1. The van der Waals surface area contributed by atoms with Crippen LogP contribution in [0.1, 0.15) is 52.1 Å². The first-order valence-electron chi connectivity index (χ1n) is 12.7. The number of halogens is 2. The summed E-state index contributed by atoms with van der Waals surface area (Å²) in [5.74, 6) is 1.09. The molecule has 6 nitrogen and oxygen atoms in total. The quantitative estimate of drug-likeness (QED) is 0.511. The molecule has 3 fully saturated rings. The molecule has 3 saturated heterocycles. The maximum atomic E-state index is 15.5. The van der Waals surface area contributed by atoms with Gasteiger partial charge in [-0.25, -0.2) is 9.18 Å². The Hall–Kier alpha value is -2.51. The number of nitrogens with zero attached hydrogens (tertiary/aromatic N) is 1. The molecule has 1 unspecified atom stereocenters. The summed E-state index contributed by atoms with van der Waals surface area (Å²) in [6.45, 7) is 11.1. The van der Waals surface area contributed by atoms with Gasteiger partial charge in [-0.1, -0.05) is 31.5 Å². The zero-order valence-electron chi connectivity index (χ0n) is 21.3. The van der Waals surface area contributed by atoms with Crippen molar-refractivity contribution in [2.24, 2.45) is 11.3 Å². The minimum absolute atomic E-state index is 0.0209. The van der Waals surface area contributed by atoms with Crippen molar-refractivity contribution in [3.63, 3.8) is 0 Å². The van der Waals surface area contributed by atoms with E-state index in [1.54, 1.807) is 24.3 Å². The highest BCUT2D eigenvalue weighted by molar-refractivity contribution is 6.32. The van der Waals surface area contributed by atoms with E-state index in [0.717, 1.165) is 32.5 Å². The van der Waals surface area contributed by atoms with E-state index >= 15 is 4.39 Å². The van der Waals surface area contributed by atoms with E-state index in [0.29, 0.717) is 45.7 Å². The van der Waals surface area contributed by atoms with Gasteiger partial charge in [0.2, 0.25) is 0 Å². The van der Waals surface area contributed by atoms with Crippen LogP contribution in [0, 0.1) is 17.2 Å². The molecule has 4 aliphatic heterocycles. The summed E-state index contributed by atoms with van der Waals surface area (Å²) in [6, 6.07) is 7.90. The van der Waals surface area contributed by atoms with Crippen LogP contribution in [-0.4, -0.2) is 49.4 Å². The molecule has 0 saturated carbocycles. The molecule has 1 N–H and O–H groups in total. The van der Waals surface area contributed by atoms with E-state index in [1.807, 2.05) is 27.7 Å². The number of carbonyl (C=O) groups excluding carboxylic acids is 1. The average molecular weight is 517 g/mol. The first kappa shape index (κ1) is 25.2. The van der Waals surface area contributed by atoms with Crippen molar-refractivity contribution in [1.82, 2.24) is 10.2 Å². The number of hydrogen-bond acceptors (Lipinski definition) is 5. The Morgan fingerprint density at radius 3 is 2.61 bits per heavy atom. The van der Waals surface area contributed by atoms with Crippen molar-refractivity contribution in [1.29, 1.82) is 0 Å². The molecule has 2 bridgehead atoms. The van der Waals surface area contributed by atoms with Crippen LogP contribution in [-0.2, 0) is 4.74 Å². The minimum atomic E-state index is -0.461. The summed E-state index contributed by atoms with van der Waals surface area (Å²) in [5, 5.41) is 3.44. The van der Waals surface area contributed by atoms with E-state index in [-0.39, 0.29) is 12.2 Å². The van der Waals surface area contributed by atoms with Gasteiger partial charge in [-0.05, 0) is 75.5 Å². The van der Waals surface area contributed by atoms with Gasteiger partial charge in [-0.2, -0.15) is 0 Å². The van der Waals surface area contributed by atoms with Crippen molar-refractivity contribution < 1.29 is 23.4 Å². The fourth-order valence-electron chi connectivity index (χ4n) is 5.53. The van der Waals surface area contributed by atoms with Crippen LogP contribution in [0.25, 0.3) is 11.1 Å². The molecular weight excluding hydrogens is 483 g/mol. The Morgan fingerprint density at radius 1 is 1.22 bits per heavy atom. The molecule has 2 aromatic carbocycles. The van der Waals surface area contributed by atoms with Gasteiger partial charge in [0.25, 0.3) is 0 Å². The van der Waals surface area contributed by atoms with Crippen LogP contribution < -0.4 is 14.8 Å². The Bertz CT molecular complexity index is 1150. The van der Waals surface area contributed by atoms with E-state index in [9.17, 15) is 4.79 Å². The molecule has 2 aromatic rings. The molecule has 0 spiro atoms. The smallest absolute Gasteiger partial charge is 0.407 e. The summed E-state index contributed by atoms with van der Waals surface area (Å²) in [4.78, 5) is 15.3. The topological polar surface area (TPSA) is 60.0 Å². The Balaban J connectivity index is 1.38. The van der Waals surface area contributed by atoms with Crippen LogP contribution in [0.15, 0.2) is 30.3 Å². The Labute approximate surface area is 217 Å². The summed E-state index contributed by atoms with van der Waals surface area (Å²) >= 11 is 6.40. The van der Waals surface area contributed by atoms with E-state index in [4.69, 9.17) is 25.8 Å². The van der Waals surface area contributed by atoms with Crippen LogP contribution in [0.4, 0.5) is 9.18 Å². The standard InChI is InChI=1S/C28H34ClFN2O4/c1-16(2)35-23-6-5-18(11-21(23)29)19-13-24-20(12-22(19)30)26(28(3,4)15-34-24)31-27(33)36-25-14-32-9-7-17(25)8-10-32/h5-6,11-13,16-17,25-26H,7-10,14-15H2,1-4H3,(H,31,33)/t25-,26?/m1/s1. The first-order valence-corrected chi connectivity index (χ1v) is 13.1. The lowest BCUT2D eigenvalue weighted by Crippen LogP contribution is -2.53. The maximum Gasteiger partial charge on any atom is 0.407 e. The lowest BCUT2D eigenvalue weighted by atomic mass is 9.78. The van der Waals surface area contributed by atoms with Gasteiger partial charge in [0, 0.05) is 23.1 Å². The average Bonchev–Trinajstić information content (AvgIpc) is 2.83. The van der Waals surface area contributed by atoms with Crippen molar-refractivity contribution in [3.05, 3.63) is 46.7 Å². The molecule has 0 aliphatic carbocycles. The van der Waals surface area contributed by atoms with Crippen molar-refractivity contribution in [2.75, 3.05) is 26.2 Å². The molecule has 194 valence electrons. The maximum absolute atomic E-state index is 15.5. The van der Waals surface area contributed by atoms with Gasteiger partial charge in [0.1, 0.15) is 23.4 Å². The molecular formula is C28H34ClFN2O4. The summed E-state index contributed by atoms with van der Waals surface area (Å²) in [5.41, 5.74) is 1.15. The highest BCUT2D eigenvalue weighted by Gasteiger charge is 2.41. The van der Waals surface area contributed by atoms with Crippen molar-refractivity contribution in [3.8, 4) is 22.6 Å². The van der Waals surface area contributed by atoms with Crippen LogP contribution in [0.2, 0.25) is 5.02 Å². The molecule has 4 heterocycles. The number of alkyl carbamates (subject to hydrolysis) is 1. The van der Waals surface area contributed by atoms with Gasteiger partial charge in [-0.15, -0.1) is 0 Å². The van der Waals surface area contributed by atoms with Gasteiger partial charge >= 0.3 is 6.09 Å². The zero-order valence-corrected chi connectivity index (χ0v) is 22.0. The number of amides is 1. The summed E-state index contributed by atoms with van der Waals surface area (Å²) in [6.07, 6.45) is 1.55. The number of ether oxygens (including phenoxy) is 3. The van der Waals surface area contributed by atoms with Crippen LogP contribution >= 0.6 is 11.6 Å². The normalized spacial score (nSPS) is 26.2. The Morgan fingerprint density at radius 2 is 1.97 bits per heavy atom. The van der Waals surface area contributed by atoms with Gasteiger partial charge in [0.05, 0.1) is 23.8 Å². The predicted molar refractivity (Wildman–Crippen MR) is 137 cm³/mol. The second-order valence-corrected chi connectivity index (χ2v) is 11.5. The number of hydrogen-bond donors (Lipinski definition) is 1. The van der Waals surface area contributed by atoms with Crippen molar-refractivity contribution in [2.45, 2.75) is 58.8 Å². The first-order chi connectivity index (χ1) is 17.1. The van der Waals surface area contributed by atoms with Crippen LogP contribution in [0.3, 0.4) is 0 Å². The van der Waals surface area contributed by atoms with Gasteiger partial charge < -0.3 is 19.5 Å². The highest BCUT2D eigenvalue weighted by atomic mass is 35.5. The second kappa shape index (κ2) is 9.75. The van der Waals surface area contributed by atoms with E-state index in [2.05, 4.69) is 10.2 Å². The monoisotopic (exact) mass is 516 g/mol. The Kier molecular flexibility index (Phi) is 6.81. The molecule has 4 aliphatic rings. The third-order valence-electron chi connectivity index (χ3n) is 7.51. The highest BCUT2D eigenvalue weighted by Crippen LogP contribution is 2.45. The van der Waals surface area contributed by atoms with Gasteiger partial charge in [-0.3, -0.25) is 4.90 Å². The lowest BCUT2D eigenvalue weighted by molar-refractivity contribution is -0.0361. The number of fused-ring (bicyclic) bond motifs is 4. The third-order valence-corrected chi connectivity index (χ3v) is 7.81. The molecule has 0 aromatic heterocycles. The summed E-state index contributed by atoms with van der Waals surface area (Å²) < 4.78 is 33.1. The fourth-order valence-corrected chi connectivity index (χ4v) is 5.76. The molecule has 1 amide bonds. The molecule has 8 heteroatoms. The number of piperidine rings is 3. The fraction of sp³-hybridized carbons (Fsp3) is 0.536. The number of rotatable bonds is 5. The third kappa shape index (κ3) is 5.00. The minimum Gasteiger partial charge on any atom is -0.493 e. The number of benzene rings is 2. The van der Waals surface area contributed by atoms with E-state index in [1.165, 1.54) is 6.07 Å². The predicted octanol–water partition coefficient (Wildman–Crippen LogP) is 6.21. The van der Waals surface area contributed by atoms with Crippen molar-refractivity contribution >= 4 is 17.7 Å². The largest absolute Gasteiger partial charge is 0.493 e.